The standard InChI is InChI=1S/C26H20F3N5O4S2/c1-17-23(24(35)33-40(36,37)16-20-10-12-31-13-11-20)32-25(39-17)34(21-6-2-18(14-30)3-7-21)15-19-4-8-22(9-5-19)38-26(27,28)29/h2-13H,15-16H2,1H3,(H,33,35). The summed E-state index contributed by atoms with van der Waals surface area (Å²) >= 11 is 1.13. The van der Waals surface area contributed by atoms with Crippen LogP contribution in [0.5, 0.6) is 5.75 Å². The lowest BCUT2D eigenvalue weighted by Gasteiger charge is -2.22. The number of carbonyl (C=O) groups excluding carboxylic acids is 1. The summed E-state index contributed by atoms with van der Waals surface area (Å²) in [6.07, 6.45) is -1.94. The number of hydrogen-bond donors (Lipinski definition) is 1. The van der Waals surface area contributed by atoms with Crippen molar-refractivity contribution in [2.75, 3.05) is 4.90 Å². The van der Waals surface area contributed by atoms with E-state index in [1.54, 1.807) is 36.1 Å². The van der Waals surface area contributed by atoms with Gasteiger partial charge in [-0.15, -0.1) is 24.5 Å². The maximum atomic E-state index is 12.9. The lowest BCUT2D eigenvalue weighted by molar-refractivity contribution is -0.274. The molecule has 0 atom stereocenters. The lowest BCUT2D eigenvalue weighted by Crippen LogP contribution is -2.32. The van der Waals surface area contributed by atoms with Crippen LogP contribution in [0.2, 0.25) is 0 Å². The predicted octanol–water partition coefficient (Wildman–Crippen LogP) is 5.21. The molecule has 1 N–H and O–H groups in total. The van der Waals surface area contributed by atoms with Crippen LogP contribution >= 0.6 is 11.3 Å². The number of aryl methyl sites for hydroxylation is 1. The number of ether oxygens (including phenoxy) is 1. The molecule has 0 aliphatic rings. The summed E-state index contributed by atoms with van der Waals surface area (Å²) in [5.41, 5.74) is 1.95. The largest absolute Gasteiger partial charge is 0.573 e. The Morgan fingerprint density at radius 3 is 2.30 bits per heavy atom. The van der Waals surface area contributed by atoms with Crippen molar-refractivity contribution in [3.8, 4) is 11.8 Å². The van der Waals surface area contributed by atoms with E-state index in [1.807, 2.05) is 10.8 Å². The van der Waals surface area contributed by atoms with Gasteiger partial charge in [0, 0.05) is 23.0 Å². The number of sulfonamides is 1. The fourth-order valence-electron chi connectivity index (χ4n) is 3.60. The molecule has 1 amide bonds. The quantitative estimate of drug-likeness (QED) is 0.283. The Balaban J connectivity index is 1.60. The Kier molecular flexibility index (Phi) is 8.36. The molecule has 2 aromatic carbocycles. The summed E-state index contributed by atoms with van der Waals surface area (Å²) in [6.45, 7) is 1.75. The average Bonchev–Trinajstić information content (AvgIpc) is 3.29. The van der Waals surface area contributed by atoms with Gasteiger partial charge >= 0.3 is 6.36 Å². The van der Waals surface area contributed by atoms with E-state index in [0.717, 1.165) is 11.3 Å². The van der Waals surface area contributed by atoms with Crippen LogP contribution in [0.4, 0.5) is 24.0 Å². The zero-order valence-corrected chi connectivity index (χ0v) is 22.3. The molecular formula is C26H20F3N5O4S2. The number of alkyl halides is 3. The van der Waals surface area contributed by atoms with E-state index >= 15 is 0 Å². The summed E-state index contributed by atoms with van der Waals surface area (Å²) < 4.78 is 68.7. The predicted molar refractivity (Wildman–Crippen MR) is 141 cm³/mol. The molecule has 2 aromatic heterocycles. The van der Waals surface area contributed by atoms with Crippen LogP contribution in [0.1, 0.15) is 32.1 Å². The topological polar surface area (TPSA) is 125 Å². The molecule has 0 aliphatic heterocycles. The van der Waals surface area contributed by atoms with Gasteiger partial charge < -0.3 is 9.64 Å². The molecule has 4 aromatic rings. The highest BCUT2D eigenvalue weighted by Crippen LogP contribution is 2.34. The van der Waals surface area contributed by atoms with Gasteiger partial charge in [-0.3, -0.25) is 9.78 Å². The van der Waals surface area contributed by atoms with Gasteiger partial charge in [0.15, 0.2) is 5.13 Å². The van der Waals surface area contributed by atoms with Crippen LogP contribution in [-0.4, -0.2) is 30.7 Å². The third-order valence-electron chi connectivity index (χ3n) is 5.39. The summed E-state index contributed by atoms with van der Waals surface area (Å²) in [4.78, 5) is 23.3. The molecule has 4 rings (SSSR count). The number of rotatable bonds is 9. The molecule has 9 nitrogen and oxygen atoms in total. The number of carbonyl (C=O) groups is 1. The molecule has 0 bridgehead atoms. The molecule has 0 aliphatic carbocycles. The van der Waals surface area contributed by atoms with Crippen molar-refractivity contribution in [3.63, 3.8) is 0 Å². The van der Waals surface area contributed by atoms with E-state index in [9.17, 15) is 26.4 Å². The van der Waals surface area contributed by atoms with Crippen LogP contribution in [0.3, 0.4) is 0 Å². The molecule has 40 heavy (non-hydrogen) atoms. The highest BCUT2D eigenvalue weighted by molar-refractivity contribution is 7.89. The van der Waals surface area contributed by atoms with Crippen LogP contribution in [0.15, 0.2) is 73.1 Å². The maximum Gasteiger partial charge on any atom is 0.573 e. The monoisotopic (exact) mass is 587 g/mol. The van der Waals surface area contributed by atoms with E-state index in [2.05, 4.69) is 14.7 Å². The van der Waals surface area contributed by atoms with E-state index in [1.165, 1.54) is 48.8 Å². The SMILES string of the molecule is Cc1sc(N(Cc2ccc(OC(F)(F)F)cc2)c2ccc(C#N)cc2)nc1C(=O)NS(=O)(=O)Cc1ccncc1. The molecule has 0 fully saturated rings. The third kappa shape index (κ3) is 7.55. The number of nitrogens with one attached hydrogen (secondary N) is 1. The fourth-order valence-corrected chi connectivity index (χ4v) is 5.61. The second-order valence-corrected chi connectivity index (χ2v) is 11.3. The fraction of sp³-hybridized carbons (Fsp3) is 0.154. The van der Waals surface area contributed by atoms with Gasteiger partial charge in [0.1, 0.15) is 11.4 Å². The minimum absolute atomic E-state index is 0.0918. The average molecular weight is 588 g/mol. The van der Waals surface area contributed by atoms with Gasteiger partial charge in [0.25, 0.3) is 5.91 Å². The second kappa shape index (κ2) is 11.7. The zero-order chi connectivity index (χ0) is 28.9. The highest BCUT2D eigenvalue weighted by atomic mass is 32.2. The Morgan fingerprint density at radius 1 is 1.05 bits per heavy atom. The van der Waals surface area contributed by atoms with Gasteiger partial charge in [-0.05, 0) is 66.6 Å². The van der Waals surface area contributed by atoms with Crippen molar-refractivity contribution in [1.82, 2.24) is 14.7 Å². The lowest BCUT2D eigenvalue weighted by atomic mass is 10.1. The molecule has 14 heteroatoms. The molecule has 0 unspecified atom stereocenters. The van der Waals surface area contributed by atoms with Crippen molar-refractivity contribution in [3.05, 3.63) is 100 Å². The number of amides is 1. The number of thiazole rings is 1. The molecule has 0 radical (unpaired) electrons. The smallest absolute Gasteiger partial charge is 0.406 e. The minimum atomic E-state index is -4.82. The normalized spacial score (nSPS) is 11.5. The van der Waals surface area contributed by atoms with Crippen molar-refractivity contribution >= 4 is 38.1 Å². The molecular weight excluding hydrogens is 567 g/mol. The number of benzene rings is 2. The Labute approximate surface area is 231 Å². The zero-order valence-electron chi connectivity index (χ0n) is 20.7. The van der Waals surface area contributed by atoms with E-state index in [-0.39, 0.29) is 18.0 Å². The van der Waals surface area contributed by atoms with E-state index in [4.69, 9.17) is 5.26 Å². The molecule has 206 valence electrons. The first-order valence-corrected chi connectivity index (χ1v) is 13.9. The van der Waals surface area contributed by atoms with Gasteiger partial charge in [-0.25, -0.2) is 18.1 Å². The Bertz CT molecular complexity index is 1640. The van der Waals surface area contributed by atoms with Crippen LogP contribution in [-0.2, 0) is 22.3 Å². The second-order valence-electron chi connectivity index (χ2n) is 8.38. The molecule has 0 saturated carbocycles. The first-order valence-electron chi connectivity index (χ1n) is 11.5. The minimum Gasteiger partial charge on any atom is -0.406 e. The van der Waals surface area contributed by atoms with Gasteiger partial charge in [-0.1, -0.05) is 12.1 Å². The van der Waals surface area contributed by atoms with Crippen molar-refractivity contribution in [2.45, 2.75) is 25.6 Å². The van der Waals surface area contributed by atoms with Gasteiger partial charge in [-0.2, -0.15) is 5.26 Å². The van der Waals surface area contributed by atoms with Gasteiger partial charge in [0.2, 0.25) is 10.0 Å². The Morgan fingerprint density at radius 2 is 1.70 bits per heavy atom. The first kappa shape index (κ1) is 28.5. The summed E-state index contributed by atoms with van der Waals surface area (Å²) in [7, 11) is -4.03. The summed E-state index contributed by atoms with van der Waals surface area (Å²) in [5, 5.41) is 9.48. The number of anilines is 2. The van der Waals surface area contributed by atoms with Gasteiger partial charge in [0.05, 0.1) is 23.9 Å². The Hall–Kier alpha value is -4.48. The van der Waals surface area contributed by atoms with E-state index < -0.39 is 28.0 Å². The first-order chi connectivity index (χ1) is 18.9. The van der Waals surface area contributed by atoms with Crippen molar-refractivity contribution in [1.29, 1.82) is 5.26 Å². The number of halogens is 3. The van der Waals surface area contributed by atoms with Crippen molar-refractivity contribution in [2.24, 2.45) is 0 Å². The van der Waals surface area contributed by atoms with E-state index in [0.29, 0.717) is 32.4 Å². The summed E-state index contributed by atoms with van der Waals surface area (Å²) in [6, 6.07) is 16.8. The molecule has 2 heterocycles. The third-order valence-corrected chi connectivity index (χ3v) is 7.59. The highest BCUT2D eigenvalue weighted by Gasteiger charge is 2.31. The number of pyridine rings is 1. The number of hydrogen-bond acceptors (Lipinski definition) is 9. The maximum absolute atomic E-state index is 12.9. The number of nitrogens with zero attached hydrogens (tertiary/aromatic N) is 4. The van der Waals surface area contributed by atoms with Crippen LogP contribution < -0.4 is 14.4 Å². The number of nitriles is 1. The molecule has 0 spiro atoms. The summed E-state index contributed by atoms with van der Waals surface area (Å²) in [5.74, 6) is -1.71. The number of aromatic nitrogens is 2. The molecule has 0 saturated heterocycles. The van der Waals surface area contributed by atoms with Crippen LogP contribution in [0, 0.1) is 18.3 Å². The van der Waals surface area contributed by atoms with Crippen LogP contribution in [0.25, 0.3) is 0 Å². The van der Waals surface area contributed by atoms with Crippen molar-refractivity contribution < 1.29 is 31.1 Å².